The molecule has 8 heteroatoms. The first kappa shape index (κ1) is 18.3. The highest BCUT2D eigenvalue weighted by Crippen LogP contribution is 2.36. The largest absolute Gasteiger partial charge is 0.478 e. The molecule has 0 radical (unpaired) electrons. The number of hydrogen-bond donors (Lipinski definition) is 2. The van der Waals surface area contributed by atoms with Crippen LogP contribution < -0.4 is 5.32 Å². The van der Waals surface area contributed by atoms with Crippen LogP contribution >= 0.6 is 11.8 Å². The molecule has 1 aliphatic rings. The Morgan fingerprint density at radius 3 is 2.38 bits per heavy atom. The molecule has 0 aromatic heterocycles. The Morgan fingerprint density at radius 2 is 1.77 bits per heavy atom. The van der Waals surface area contributed by atoms with Crippen LogP contribution in [0.4, 0.5) is 18.9 Å². The minimum Gasteiger partial charge on any atom is -0.478 e. The van der Waals surface area contributed by atoms with E-state index in [0.29, 0.717) is 9.79 Å². The van der Waals surface area contributed by atoms with Gasteiger partial charge < -0.3 is 10.4 Å². The van der Waals surface area contributed by atoms with Gasteiger partial charge in [0.15, 0.2) is 0 Å². The van der Waals surface area contributed by atoms with Gasteiger partial charge in [0.2, 0.25) is 5.91 Å². The number of carboxylic acid groups (broad SMARTS) is 1. The number of alkyl halides is 3. The van der Waals surface area contributed by atoms with Crippen LogP contribution in [0.1, 0.15) is 28.8 Å². The number of aromatic carboxylic acids is 1. The first-order valence-electron chi connectivity index (χ1n) is 7.77. The van der Waals surface area contributed by atoms with Crippen molar-refractivity contribution in [2.24, 2.45) is 5.92 Å². The summed E-state index contributed by atoms with van der Waals surface area (Å²) in [6.45, 7) is 0. The van der Waals surface area contributed by atoms with E-state index >= 15 is 0 Å². The van der Waals surface area contributed by atoms with Crippen LogP contribution in [0.2, 0.25) is 0 Å². The quantitative estimate of drug-likeness (QED) is 0.773. The Balaban J connectivity index is 1.83. The summed E-state index contributed by atoms with van der Waals surface area (Å²) in [5, 5.41) is 12.0. The van der Waals surface area contributed by atoms with Crippen molar-refractivity contribution in [1.29, 1.82) is 0 Å². The van der Waals surface area contributed by atoms with E-state index in [9.17, 15) is 27.9 Å². The van der Waals surface area contributed by atoms with E-state index in [1.165, 1.54) is 24.3 Å². The number of carbonyl (C=O) groups excluding carboxylic acids is 1. The maximum atomic E-state index is 12.8. The molecule has 0 spiro atoms. The topological polar surface area (TPSA) is 66.4 Å². The molecule has 2 aromatic carbocycles. The smallest absolute Gasteiger partial charge is 0.416 e. The Hall–Kier alpha value is -2.48. The average molecular weight is 381 g/mol. The minimum atomic E-state index is -4.44. The molecule has 2 N–H and O–H groups in total. The Kier molecular flexibility index (Phi) is 4.95. The minimum absolute atomic E-state index is 0.0733. The maximum Gasteiger partial charge on any atom is 0.416 e. The van der Waals surface area contributed by atoms with Gasteiger partial charge in [0.25, 0.3) is 0 Å². The van der Waals surface area contributed by atoms with Crippen LogP contribution in [0.25, 0.3) is 0 Å². The normalized spacial score (nSPS) is 14.1. The Labute approximate surface area is 151 Å². The van der Waals surface area contributed by atoms with E-state index in [4.69, 9.17) is 0 Å². The van der Waals surface area contributed by atoms with Crippen LogP contribution in [0.3, 0.4) is 0 Å². The molecule has 0 saturated heterocycles. The van der Waals surface area contributed by atoms with Crippen LogP contribution in [-0.4, -0.2) is 17.0 Å². The predicted molar refractivity (Wildman–Crippen MR) is 90.3 cm³/mol. The molecular weight excluding hydrogens is 367 g/mol. The van der Waals surface area contributed by atoms with Gasteiger partial charge in [-0.1, -0.05) is 17.8 Å². The lowest BCUT2D eigenvalue weighted by Gasteiger charge is -2.11. The van der Waals surface area contributed by atoms with E-state index in [-0.39, 0.29) is 23.1 Å². The number of amides is 1. The SMILES string of the molecule is O=C(O)c1cc(Sc2cccc(C(F)(F)F)c2)ccc1NC(=O)C1CC1. The number of halogens is 3. The molecule has 2 aromatic rings. The van der Waals surface area contributed by atoms with Gasteiger partial charge >= 0.3 is 12.1 Å². The summed E-state index contributed by atoms with van der Waals surface area (Å²) in [5.74, 6) is -1.51. The second-order valence-corrected chi connectivity index (χ2v) is 7.05. The number of benzene rings is 2. The highest BCUT2D eigenvalue weighted by molar-refractivity contribution is 7.99. The molecule has 0 bridgehead atoms. The monoisotopic (exact) mass is 381 g/mol. The molecular formula is C18H14F3NO3S. The Bertz CT molecular complexity index is 863. The standard InChI is InChI=1S/C18H14F3NO3S/c19-18(20,21)11-2-1-3-12(8-11)26-13-6-7-15(14(9-13)17(24)25)22-16(23)10-4-5-10/h1-3,6-10H,4-5H2,(H,22,23)(H,24,25). The van der Waals surface area contributed by atoms with Crippen molar-refractivity contribution >= 4 is 29.3 Å². The van der Waals surface area contributed by atoms with Gasteiger partial charge in [0.05, 0.1) is 16.8 Å². The summed E-state index contributed by atoms with van der Waals surface area (Å²) < 4.78 is 38.4. The first-order chi connectivity index (χ1) is 12.2. The third-order valence-corrected chi connectivity index (χ3v) is 4.80. The first-order valence-corrected chi connectivity index (χ1v) is 8.59. The Morgan fingerprint density at radius 1 is 1.08 bits per heavy atom. The fraction of sp³-hybridized carbons (Fsp3) is 0.222. The van der Waals surface area contributed by atoms with Crippen molar-refractivity contribution in [3.05, 3.63) is 53.6 Å². The number of carbonyl (C=O) groups is 2. The highest BCUT2D eigenvalue weighted by atomic mass is 32.2. The van der Waals surface area contributed by atoms with E-state index in [1.54, 1.807) is 6.07 Å². The molecule has 1 saturated carbocycles. The number of carboxylic acids is 1. The van der Waals surface area contributed by atoms with E-state index < -0.39 is 17.7 Å². The van der Waals surface area contributed by atoms with Gasteiger partial charge in [-0.25, -0.2) is 4.79 Å². The lowest BCUT2D eigenvalue weighted by Crippen LogP contribution is -2.16. The van der Waals surface area contributed by atoms with Crippen LogP contribution in [-0.2, 0) is 11.0 Å². The van der Waals surface area contributed by atoms with Crippen molar-refractivity contribution in [3.8, 4) is 0 Å². The van der Waals surface area contributed by atoms with Gasteiger partial charge in [-0.2, -0.15) is 13.2 Å². The van der Waals surface area contributed by atoms with Crippen molar-refractivity contribution in [2.45, 2.75) is 28.8 Å². The lowest BCUT2D eigenvalue weighted by atomic mass is 10.1. The van der Waals surface area contributed by atoms with E-state index in [0.717, 1.165) is 36.7 Å². The summed E-state index contributed by atoms with van der Waals surface area (Å²) in [7, 11) is 0. The van der Waals surface area contributed by atoms with Crippen molar-refractivity contribution in [1.82, 2.24) is 0 Å². The molecule has 0 aliphatic heterocycles. The molecule has 0 heterocycles. The number of rotatable bonds is 5. The summed E-state index contributed by atoms with van der Waals surface area (Å²) in [5.41, 5.74) is -0.687. The van der Waals surface area contributed by atoms with Gasteiger partial charge in [0, 0.05) is 15.7 Å². The van der Waals surface area contributed by atoms with Crippen LogP contribution in [0, 0.1) is 5.92 Å². The number of anilines is 1. The third kappa shape index (κ3) is 4.37. The zero-order valence-electron chi connectivity index (χ0n) is 13.3. The van der Waals surface area contributed by atoms with Crippen LogP contribution in [0.5, 0.6) is 0 Å². The molecule has 136 valence electrons. The van der Waals surface area contributed by atoms with Crippen molar-refractivity contribution in [3.63, 3.8) is 0 Å². The molecule has 1 fully saturated rings. The number of nitrogens with one attached hydrogen (secondary N) is 1. The highest BCUT2D eigenvalue weighted by Gasteiger charge is 2.31. The molecule has 3 rings (SSSR count). The third-order valence-electron chi connectivity index (χ3n) is 3.82. The predicted octanol–water partition coefficient (Wildman–Crippen LogP) is 4.90. The molecule has 1 aliphatic carbocycles. The molecule has 1 amide bonds. The van der Waals surface area contributed by atoms with E-state index in [1.807, 2.05) is 0 Å². The summed E-state index contributed by atoms with van der Waals surface area (Å²) in [6, 6.07) is 9.17. The van der Waals surface area contributed by atoms with Crippen molar-refractivity contribution in [2.75, 3.05) is 5.32 Å². The van der Waals surface area contributed by atoms with Gasteiger partial charge in [0.1, 0.15) is 0 Å². The molecule has 4 nitrogen and oxygen atoms in total. The zero-order valence-corrected chi connectivity index (χ0v) is 14.2. The molecule has 0 atom stereocenters. The van der Waals surface area contributed by atoms with E-state index in [2.05, 4.69) is 5.32 Å². The van der Waals surface area contributed by atoms with Crippen LogP contribution in [0.15, 0.2) is 52.3 Å². The molecule has 0 unspecified atom stereocenters. The second kappa shape index (κ2) is 7.03. The summed E-state index contributed by atoms with van der Waals surface area (Å²) in [4.78, 5) is 24.1. The lowest BCUT2D eigenvalue weighted by molar-refractivity contribution is -0.137. The maximum absolute atomic E-state index is 12.8. The zero-order chi connectivity index (χ0) is 18.9. The summed E-state index contributed by atoms with van der Waals surface area (Å²) >= 11 is 1.02. The molecule has 26 heavy (non-hydrogen) atoms. The second-order valence-electron chi connectivity index (χ2n) is 5.90. The van der Waals surface area contributed by atoms with Crippen molar-refractivity contribution < 1.29 is 27.9 Å². The number of hydrogen-bond acceptors (Lipinski definition) is 3. The average Bonchev–Trinajstić information content (AvgIpc) is 3.40. The van der Waals surface area contributed by atoms with Gasteiger partial charge in [-0.15, -0.1) is 0 Å². The van der Waals surface area contributed by atoms with Gasteiger partial charge in [-0.3, -0.25) is 4.79 Å². The van der Waals surface area contributed by atoms with Gasteiger partial charge in [-0.05, 0) is 49.2 Å². The summed E-state index contributed by atoms with van der Waals surface area (Å²) in [6.07, 6.45) is -2.87. The fourth-order valence-corrected chi connectivity index (χ4v) is 3.24. The fourth-order valence-electron chi connectivity index (χ4n) is 2.33.